The minimum atomic E-state index is -0.105. The number of ether oxygens (including phenoxy) is 1. The van der Waals surface area contributed by atoms with E-state index < -0.39 is 0 Å². The summed E-state index contributed by atoms with van der Waals surface area (Å²) in [5, 5.41) is 12.5. The number of carbonyl (C=O) groups is 1. The molecule has 3 aliphatic heterocycles. The quantitative estimate of drug-likeness (QED) is 0.774. The zero-order valence-electron chi connectivity index (χ0n) is 17.7. The molecule has 2 amide bonds. The summed E-state index contributed by atoms with van der Waals surface area (Å²) in [4.78, 5) is 17.3. The topological polar surface area (TPSA) is 94.6 Å². The van der Waals surface area contributed by atoms with Crippen LogP contribution in [0.1, 0.15) is 37.7 Å². The number of hydrogen-bond acceptors (Lipinski definition) is 5. The number of nitrogens with one attached hydrogen (secondary N) is 1. The molecule has 7 heteroatoms. The normalized spacial score (nSPS) is 27.3. The van der Waals surface area contributed by atoms with Crippen LogP contribution in [0.4, 0.5) is 4.79 Å². The van der Waals surface area contributed by atoms with Gasteiger partial charge in [0.05, 0.1) is 11.6 Å². The molecule has 0 radical (unpaired) electrons. The van der Waals surface area contributed by atoms with Crippen LogP contribution in [0.2, 0.25) is 0 Å². The molecule has 3 N–H and O–H groups in total. The van der Waals surface area contributed by atoms with Crippen LogP contribution in [0.25, 0.3) is 0 Å². The number of nitrogens with zero attached hydrogens (tertiary/aromatic N) is 3. The molecule has 0 spiro atoms. The van der Waals surface area contributed by atoms with Crippen molar-refractivity contribution in [3.8, 4) is 11.8 Å². The summed E-state index contributed by atoms with van der Waals surface area (Å²) in [5.74, 6) is 1.22. The third kappa shape index (κ3) is 4.88. The molecule has 7 nitrogen and oxygen atoms in total. The Labute approximate surface area is 179 Å². The van der Waals surface area contributed by atoms with Crippen molar-refractivity contribution in [2.24, 2.45) is 17.1 Å². The third-order valence-electron chi connectivity index (χ3n) is 6.70. The van der Waals surface area contributed by atoms with E-state index in [1.165, 1.54) is 6.42 Å². The van der Waals surface area contributed by atoms with Gasteiger partial charge in [0.15, 0.2) is 0 Å². The molecule has 0 saturated carbocycles. The standard InChI is InChI=1S/C23H33N5O2/c24-12-18-4-6-21(7-5-18)30-15-20(25)11-23-10-19(13-26-16-23)14-28(17-23)22(29)27-8-2-1-3-9-27/h4-7,19-20,26H,1-3,8-11,13-17,25H2. The Morgan fingerprint density at radius 3 is 2.77 bits per heavy atom. The van der Waals surface area contributed by atoms with Gasteiger partial charge < -0.3 is 25.6 Å². The Bertz CT molecular complexity index is 771. The van der Waals surface area contributed by atoms with Crippen molar-refractivity contribution < 1.29 is 9.53 Å². The maximum Gasteiger partial charge on any atom is 0.320 e. The SMILES string of the molecule is N#Cc1ccc(OCC(N)CC23CNCC(CN(C(=O)N4CCCCC4)C2)C3)cc1. The molecule has 3 fully saturated rings. The largest absolute Gasteiger partial charge is 0.492 e. The lowest BCUT2D eigenvalue weighted by molar-refractivity contribution is 0.0161. The summed E-state index contributed by atoms with van der Waals surface area (Å²) in [6.07, 6.45) is 5.42. The van der Waals surface area contributed by atoms with E-state index in [1.807, 2.05) is 4.90 Å². The number of hydrogen-bond donors (Lipinski definition) is 2. The van der Waals surface area contributed by atoms with Gasteiger partial charge >= 0.3 is 6.03 Å². The summed E-state index contributed by atoms with van der Waals surface area (Å²) in [6.45, 7) is 5.71. The van der Waals surface area contributed by atoms with Gasteiger partial charge in [-0.15, -0.1) is 0 Å². The predicted molar refractivity (Wildman–Crippen MR) is 115 cm³/mol. The van der Waals surface area contributed by atoms with Gasteiger partial charge in [0.2, 0.25) is 0 Å². The maximum absolute atomic E-state index is 13.1. The lowest BCUT2D eigenvalue weighted by Gasteiger charge is -2.51. The van der Waals surface area contributed by atoms with E-state index in [9.17, 15) is 4.79 Å². The molecule has 1 aromatic carbocycles. The molecule has 4 rings (SSSR count). The second kappa shape index (κ2) is 9.23. The molecule has 0 aliphatic carbocycles. The van der Waals surface area contributed by atoms with E-state index in [4.69, 9.17) is 15.7 Å². The van der Waals surface area contributed by atoms with Gasteiger partial charge in [-0.05, 0) is 68.8 Å². The van der Waals surface area contributed by atoms with Crippen LogP contribution in [0, 0.1) is 22.7 Å². The molecule has 162 valence electrons. The van der Waals surface area contributed by atoms with Gasteiger partial charge in [-0.25, -0.2) is 4.79 Å². The maximum atomic E-state index is 13.1. The van der Waals surface area contributed by atoms with E-state index in [1.54, 1.807) is 24.3 Å². The monoisotopic (exact) mass is 411 g/mol. The van der Waals surface area contributed by atoms with E-state index in [0.29, 0.717) is 18.1 Å². The Balaban J connectivity index is 1.36. The lowest BCUT2D eigenvalue weighted by atomic mass is 9.69. The molecule has 3 aliphatic rings. The summed E-state index contributed by atoms with van der Waals surface area (Å²) in [6, 6.07) is 9.34. The van der Waals surface area contributed by atoms with Crippen LogP contribution in [-0.2, 0) is 0 Å². The van der Waals surface area contributed by atoms with Crippen molar-refractivity contribution in [1.29, 1.82) is 5.26 Å². The van der Waals surface area contributed by atoms with Crippen molar-refractivity contribution >= 4 is 6.03 Å². The van der Waals surface area contributed by atoms with E-state index in [2.05, 4.69) is 16.3 Å². The second-order valence-electron chi connectivity index (χ2n) is 9.32. The molecule has 30 heavy (non-hydrogen) atoms. The number of amides is 2. The van der Waals surface area contributed by atoms with E-state index in [0.717, 1.165) is 70.7 Å². The van der Waals surface area contributed by atoms with Crippen molar-refractivity contribution in [2.45, 2.75) is 38.1 Å². The molecule has 2 bridgehead atoms. The fourth-order valence-corrected chi connectivity index (χ4v) is 5.42. The van der Waals surface area contributed by atoms with Crippen LogP contribution in [0.15, 0.2) is 24.3 Å². The van der Waals surface area contributed by atoms with Crippen molar-refractivity contribution in [3.63, 3.8) is 0 Å². The Morgan fingerprint density at radius 1 is 1.27 bits per heavy atom. The summed E-state index contributed by atoms with van der Waals surface area (Å²) in [7, 11) is 0. The summed E-state index contributed by atoms with van der Waals surface area (Å²) < 4.78 is 5.87. The highest BCUT2D eigenvalue weighted by molar-refractivity contribution is 5.74. The van der Waals surface area contributed by atoms with Crippen molar-refractivity contribution in [2.75, 3.05) is 45.9 Å². The molecule has 3 heterocycles. The van der Waals surface area contributed by atoms with Crippen molar-refractivity contribution in [3.05, 3.63) is 29.8 Å². The number of rotatable bonds is 5. The van der Waals surface area contributed by atoms with Crippen LogP contribution in [-0.4, -0.2) is 67.7 Å². The van der Waals surface area contributed by atoms with Gasteiger partial charge in [0.1, 0.15) is 12.4 Å². The number of piperidine rings is 3. The fourth-order valence-electron chi connectivity index (χ4n) is 5.42. The first-order valence-electron chi connectivity index (χ1n) is 11.2. The second-order valence-corrected chi connectivity index (χ2v) is 9.32. The summed E-state index contributed by atoms with van der Waals surface area (Å²) >= 11 is 0. The minimum Gasteiger partial charge on any atom is -0.492 e. The molecule has 3 saturated heterocycles. The third-order valence-corrected chi connectivity index (χ3v) is 6.70. The predicted octanol–water partition coefficient (Wildman–Crippen LogP) is 2.17. The first-order valence-corrected chi connectivity index (χ1v) is 11.2. The van der Waals surface area contributed by atoms with Crippen LogP contribution in [0.5, 0.6) is 5.75 Å². The van der Waals surface area contributed by atoms with Crippen LogP contribution in [0.3, 0.4) is 0 Å². The van der Waals surface area contributed by atoms with Gasteiger partial charge in [-0.1, -0.05) is 0 Å². The molecular formula is C23H33N5O2. The van der Waals surface area contributed by atoms with Crippen LogP contribution >= 0.6 is 0 Å². The van der Waals surface area contributed by atoms with Crippen molar-refractivity contribution in [1.82, 2.24) is 15.1 Å². The zero-order chi connectivity index (χ0) is 21.0. The van der Waals surface area contributed by atoms with Gasteiger partial charge in [-0.3, -0.25) is 0 Å². The Kier molecular flexibility index (Phi) is 6.45. The smallest absolute Gasteiger partial charge is 0.320 e. The highest BCUT2D eigenvalue weighted by Gasteiger charge is 2.45. The number of fused-ring (bicyclic) bond motifs is 2. The molecule has 0 aromatic heterocycles. The van der Waals surface area contributed by atoms with Gasteiger partial charge in [0, 0.05) is 44.2 Å². The number of likely N-dealkylation sites (tertiary alicyclic amines) is 2. The Hall–Kier alpha value is -2.30. The minimum absolute atomic E-state index is 0.0139. The number of urea groups is 1. The number of nitrogens with two attached hydrogens (primary N) is 1. The lowest BCUT2D eigenvalue weighted by Crippen LogP contribution is -2.62. The number of carbonyl (C=O) groups excluding carboxylic acids is 1. The van der Waals surface area contributed by atoms with Gasteiger partial charge in [-0.2, -0.15) is 5.26 Å². The summed E-state index contributed by atoms with van der Waals surface area (Å²) in [5.41, 5.74) is 7.11. The van der Waals surface area contributed by atoms with E-state index >= 15 is 0 Å². The Morgan fingerprint density at radius 2 is 2.03 bits per heavy atom. The fraction of sp³-hybridized carbons (Fsp3) is 0.652. The molecule has 3 atom stereocenters. The number of nitriles is 1. The van der Waals surface area contributed by atoms with Gasteiger partial charge in [0.25, 0.3) is 0 Å². The zero-order valence-corrected chi connectivity index (χ0v) is 17.7. The first-order chi connectivity index (χ1) is 14.6. The highest BCUT2D eigenvalue weighted by atomic mass is 16.5. The molecule has 3 unspecified atom stereocenters. The average Bonchev–Trinajstić information content (AvgIpc) is 2.77. The number of benzene rings is 1. The molecular weight excluding hydrogens is 378 g/mol. The molecule has 1 aromatic rings. The first kappa shape index (κ1) is 21.0. The van der Waals surface area contributed by atoms with Crippen LogP contribution < -0.4 is 15.8 Å². The van der Waals surface area contributed by atoms with E-state index in [-0.39, 0.29) is 17.5 Å². The highest BCUT2D eigenvalue weighted by Crippen LogP contribution is 2.39. The average molecular weight is 412 g/mol.